The number of carbonyl (C=O) groups is 2. The Kier molecular flexibility index (Phi) is 7.88. The van der Waals surface area contributed by atoms with Crippen molar-refractivity contribution in [1.82, 2.24) is 5.32 Å². The Morgan fingerprint density at radius 1 is 1.00 bits per heavy atom. The predicted octanol–water partition coefficient (Wildman–Crippen LogP) is 4.51. The van der Waals surface area contributed by atoms with Crippen LogP contribution in [0.5, 0.6) is 5.75 Å². The van der Waals surface area contributed by atoms with Crippen LogP contribution >= 0.6 is 11.6 Å². The van der Waals surface area contributed by atoms with Crippen LogP contribution in [-0.2, 0) is 22.6 Å². The number of hydrogen-bond donors (Lipinski definition) is 1. The fourth-order valence-corrected chi connectivity index (χ4v) is 2.71. The van der Waals surface area contributed by atoms with Gasteiger partial charge in [0.2, 0.25) is 0 Å². The molecule has 2 aromatic rings. The topological polar surface area (TPSA) is 64.6 Å². The Morgan fingerprint density at radius 3 is 2.21 bits per heavy atom. The molecule has 1 atom stereocenters. The Labute approximate surface area is 171 Å². The van der Waals surface area contributed by atoms with Gasteiger partial charge in [-0.2, -0.15) is 0 Å². The molecule has 5 nitrogen and oxygen atoms in total. The Morgan fingerprint density at radius 2 is 1.64 bits per heavy atom. The summed E-state index contributed by atoms with van der Waals surface area (Å²) in [5.74, 6) is 0.287. The molecular weight excluding hydrogens is 378 g/mol. The summed E-state index contributed by atoms with van der Waals surface area (Å²) in [5.41, 5.74) is 1.46. The van der Waals surface area contributed by atoms with Crippen LogP contribution in [0.4, 0.5) is 4.79 Å². The van der Waals surface area contributed by atoms with Crippen LogP contribution in [0.25, 0.3) is 0 Å². The average molecular weight is 404 g/mol. The van der Waals surface area contributed by atoms with E-state index in [-0.39, 0.29) is 23.9 Å². The van der Waals surface area contributed by atoms with Crippen LogP contribution in [0, 0.1) is 0 Å². The van der Waals surface area contributed by atoms with Crippen LogP contribution in [0.2, 0.25) is 0 Å². The van der Waals surface area contributed by atoms with Gasteiger partial charge in [-0.25, -0.2) is 4.79 Å². The first-order chi connectivity index (χ1) is 13.3. The molecule has 6 heteroatoms. The molecule has 0 aliphatic carbocycles. The summed E-state index contributed by atoms with van der Waals surface area (Å²) in [6.07, 6.45) is -0.332. The van der Waals surface area contributed by atoms with Gasteiger partial charge < -0.3 is 14.8 Å². The van der Waals surface area contributed by atoms with E-state index in [0.29, 0.717) is 6.42 Å². The van der Waals surface area contributed by atoms with Crippen molar-refractivity contribution in [3.05, 3.63) is 65.7 Å². The SMILES string of the molecule is CC(C)(C)Oc1ccc(C[C@H](NC(=O)OCc2ccccc2)C(=O)CCl)cc1. The molecule has 0 unspecified atom stereocenters. The second-order valence-electron chi connectivity index (χ2n) is 7.42. The normalized spacial score (nSPS) is 12.1. The number of halogens is 1. The minimum absolute atomic E-state index is 0.132. The van der Waals surface area contributed by atoms with Gasteiger partial charge in [-0.15, -0.1) is 11.6 Å². The van der Waals surface area contributed by atoms with E-state index in [1.807, 2.05) is 75.4 Å². The van der Waals surface area contributed by atoms with Gasteiger partial charge in [-0.1, -0.05) is 42.5 Å². The summed E-state index contributed by atoms with van der Waals surface area (Å²) in [4.78, 5) is 24.3. The summed E-state index contributed by atoms with van der Waals surface area (Å²) in [5, 5.41) is 2.61. The highest BCUT2D eigenvalue weighted by molar-refractivity contribution is 6.28. The number of carbonyl (C=O) groups excluding carboxylic acids is 2. The smallest absolute Gasteiger partial charge is 0.408 e. The van der Waals surface area contributed by atoms with E-state index in [2.05, 4.69) is 5.32 Å². The number of nitrogens with one attached hydrogen (secondary N) is 1. The van der Waals surface area contributed by atoms with Crippen LogP contribution in [0.15, 0.2) is 54.6 Å². The van der Waals surface area contributed by atoms with Crippen molar-refractivity contribution >= 4 is 23.5 Å². The molecule has 0 fully saturated rings. The number of alkyl carbamates (subject to hydrolysis) is 1. The summed E-state index contributed by atoms with van der Waals surface area (Å²) in [7, 11) is 0. The Balaban J connectivity index is 1.95. The number of amides is 1. The Hall–Kier alpha value is -2.53. The molecule has 0 radical (unpaired) electrons. The molecule has 1 N–H and O–H groups in total. The molecule has 0 aliphatic rings. The monoisotopic (exact) mass is 403 g/mol. The second-order valence-corrected chi connectivity index (χ2v) is 7.69. The van der Waals surface area contributed by atoms with Gasteiger partial charge in [0.25, 0.3) is 0 Å². The zero-order valence-electron chi connectivity index (χ0n) is 16.4. The number of Topliss-reactive ketones (excluding diaryl/α,β-unsaturated/α-hetero) is 1. The van der Waals surface area contributed by atoms with Crippen molar-refractivity contribution in [2.45, 2.75) is 45.4 Å². The van der Waals surface area contributed by atoms with Gasteiger partial charge >= 0.3 is 6.09 Å². The van der Waals surface area contributed by atoms with E-state index in [9.17, 15) is 9.59 Å². The molecule has 0 saturated carbocycles. The lowest BCUT2D eigenvalue weighted by molar-refractivity contribution is -0.118. The average Bonchev–Trinajstić information content (AvgIpc) is 2.66. The van der Waals surface area contributed by atoms with Crippen molar-refractivity contribution in [2.24, 2.45) is 0 Å². The van der Waals surface area contributed by atoms with E-state index in [4.69, 9.17) is 21.1 Å². The molecule has 28 heavy (non-hydrogen) atoms. The molecule has 0 spiro atoms. The maximum atomic E-state index is 12.2. The van der Waals surface area contributed by atoms with Crippen molar-refractivity contribution in [3.8, 4) is 5.75 Å². The first-order valence-electron chi connectivity index (χ1n) is 9.10. The van der Waals surface area contributed by atoms with Crippen LogP contribution < -0.4 is 10.1 Å². The molecule has 0 aromatic heterocycles. The fraction of sp³-hybridized carbons (Fsp3) is 0.364. The fourth-order valence-electron chi connectivity index (χ4n) is 2.53. The quantitative estimate of drug-likeness (QED) is 0.658. The highest BCUT2D eigenvalue weighted by atomic mass is 35.5. The third-order valence-corrected chi connectivity index (χ3v) is 4.08. The first kappa shape index (κ1) is 21.8. The lowest BCUT2D eigenvalue weighted by Crippen LogP contribution is -2.43. The summed E-state index contributed by atoms with van der Waals surface area (Å²) >= 11 is 5.71. The van der Waals surface area contributed by atoms with Gasteiger partial charge in [0.15, 0.2) is 5.78 Å². The van der Waals surface area contributed by atoms with Gasteiger partial charge in [0, 0.05) is 0 Å². The van der Waals surface area contributed by atoms with Gasteiger partial charge in [-0.05, 0) is 50.5 Å². The molecule has 1 amide bonds. The first-order valence-corrected chi connectivity index (χ1v) is 9.64. The standard InChI is InChI=1S/C22H26ClNO4/c1-22(2,3)28-18-11-9-16(10-12-18)13-19(20(25)14-23)24-21(26)27-15-17-7-5-4-6-8-17/h4-12,19H,13-15H2,1-3H3,(H,24,26)/t19-/m0/s1. The summed E-state index contributed by atoms with van der Waals surface area (Å²) in [6, 6.07) is 16.0. The molecule has 0 heterocycles. The number of ketones is 1. The van der Waals surface area contributed by atoms with Crippen molar-refractivity contribution < 1.29 is 19.1 Å². The van der Waals surface area contributed by atoms with Crippen LogP contribution in [0.1, 0.15) is 31.9 Å². The molecule has 0 saturated heterocycles. The lowest BCUT2D eigenvalue weighted by atomic mass is 10.0. The molecular formula is C22H26ClNO4. The number of rotatable bonds is 8. The maximum absolute atomic E-state index is 12.2. The number of alkyl halides is 1. The minimum Gasteiger partial charge on any atom is -0.488 e. The van der Waals surface area contributed by atoms with Crippen LogP contribution in [-0.4, -0.2) is 29.4 Å². The molecule has 150 valence electrons. The second kappa shape index (κ2) is 10.1. The van der Waals surface area contributed by atoms with Gasteiger partial charge in [0.1, 0.15) is 18.0 Å². The third-order valence-electron chi connectivity index (χ3n) is 3.81. The number of hydrogen-bond acceptors (Lipinski definition) is 4. The lowest BCUT2D eigenvalue weighted by Gasteiger charge is -2.21. The molecule has 2 aromatic carbocycles. The highest BCUT2D eigenvalue weighted by Gasteiger charge is 2.21. The summed E-state index contributed by atoms with van der Waals surface area (Å²) < 4.78 is 11.0. The minimum atomic E-state index is -0.754. The summed E-state index contributed by atoms with van der Waals surface area (Å²) in [6.45, 7) is 6.05. The van der Waals surface area contributed by atoms with E-state index >= 15 is 0 Å². The zero-order valence-corrected chi connectivity index (χ0v) is 17.2. The van der Waals surface area contributed by atoms with Crippen LogP contribution in [0.3, 0.4) is 0 Å². The zero-order chi connectivity index (χ0) is 20.6. The van der Waals surface area contributed by atoms with Crippen molar-refractivity contribution in [1.29, 1.82) is 0 Å². The van der Waals surface area contributed by atoms with Crippen molar-refractivity contribution in [3.63, 3.8) is 0 Å². The van der Waals surface area contributed by atoms with E-state index in [1.54, 1.807) is 0 Å². The molecule has 0 aliphatic heterocycles. The molecule has 2 rings (SSSR count). The number of benzene rings is 2. The largest absolute Gasteiger partial charge is 0.488 e. The Bertz CT molecular complexity index is 769. The van der Waals surface area contributed by atoms with Crippen molar-refractivity contribution in [2.75, 3.05) is 5.88 Å². The van der Waals surface area contributed by atoms with Gasteiger partial charge in [0.05, 0.1) is 11.9 Å². The maximum Gasteiger partial charge on any atom is 0.408 e. The predicted molar refractivity (Wildman–Crippen MR) is 110 cm³/mol. The molecule has 0 bridgehead atoms. The van der Waals surface area contributed by atoms with Gasteiger partial charge in [-0.3, -0.25) is 4.79 Å². The number of ether oxygens (including phenoxy) is 2. The van der Waals surface area contributed by atoms with E-state index in [1.165, 1.54) is 0 Å². The van der Waals surface area contributed by atoms with E-state index < -0.39 is 12.1 Å². The third kappa shape index (κ3) is 7.61. The van der Waals surface area contributed by atoms with E-state index in [0.717, 1.165) is 16.9 Å². The highest BCUT2D eigenvalue weighted by Crippen LogP contribution is 2.19.